The van der Waals surface area contributed by atoms with Gasteiger partial charge in [0.2, 0.25) is 0 Å². The zero-order valence-corrected chi connectivity index (χ0v) is 15.4. The van der Waals surface area contributed by atoms with E-state index in [0.29, 0.717) is 6.42 Å². The molecular formula is C17H26Cl2N2O2. The number of halogens is 2. The summed E-state index contributed by atoms with van der Waals surface area (Å²) in [7, 11) is 0. The van der Waals surface area contributed by atoms with Crippen LogP contribution in [0.5, 0.6) is 5.75 Å². The second kappa shape index (κ2) is 8.34. The minimum absolute atomic E-state index is 0. The van der Waals surface area contributed by atoms with Crippen molar-refractivity contribution in [1.82, 2.24) is 10.2 Å². The SMILES string of the molecule is Cc1ccc2c(c1)C(=O)CC(C)(CCN1CCNCC1)O2.Cl.Cl. The minimum Gasteiger partial charge on any atom is -0.486 e. The Hall–Kier alpha value is -0.810. The van der Waals surface area contributed by atoms with Crippen LogP contribution in [0.3, 0.4) is 0 Å². The van der Waals surface area contributed by atoms with Crippen molar-refractivity contribution in [2.45, 2.75) is 32.3 Å². The summed E-state index contributed by atoms with van der Waals surface area (Å²) in [5.74, 6) is 0.961. The van der Waals surface area contributed by atoms with Gasteiger partial charge in [-0.1, -0.05) is 11.6 Å². The molecule has 1 aromatic carbocycles. The molecule has 0 amide bonds. The van der Waals surface area contributed by atoms with E-state index in [1.54, 1.807) is 0 Å². The molecule has 2 aliphatic heterocycles. The number of fused-ring (bicyclic) bond motifs is 1. The van der Waals surface area contributed by atoms with Gasteiger partial charge in [-0.15, -0.1) is 24.8 Å². The Morgan fingerprint density at radius 3 is 2.65 bits per heavy atom. The molecule has 1 unspecified atom stereocenters. The fourth-order valence-electron chi connectivity index (χ4n) is 3.16. The number of nitrogens with one attached hydrogen (secondary N) is 1. The molecule has 1 N–H and O–H groups in total. The third kappa shape index (κ3) is 4.83. The lowest BCUT2D eigenvalue weighted by Crippen LogP contribution is -2.47. The van der Waals surface area contributed by atoms with E-state index in [4.69, 9.17) is 4.74 Å². The molecule has 1 aromatic rings. The van der Waals surface area contributed by atoms with Gasteiger partial charge in [-0.3, -0.25) is 4.79 Å². The first kappa shape index (κ1) is 20.2. The fourth-order valence-corrected chi connectivity index (χ4v) is 3.16. The molecule has 0 aromatic heterocycles. The standard InChI is InChI=1S/C17H24N2O2.2ClH/c1-13-3-4-16-14(11-13)15(20)12-17(2,21-16)5-8-19-9-6-18-7-10-19;;/h3-4,11,18H,5-10,12H2,1-2H3;2*1H. The van der Waals surface area contributed by atoms with E-state index in [2.05, 4.69) is 17.1 Å². The molecular weight excluding hydrogens is 335 g/mol. The Labute approximate surface area is 150 Å². The summed E-state index contributed by atoms with van der Waals surface area (Å²) in [6, 6.07) is 5.88. The maximum atomic E-state index is 12.4. The Balaban J connectivity index is 0.00000132. The van der Waals surface area contributed by atoms with Crippen LogP contribution < -0.4 is 10.1 Å². The number of hydrogen-bond donors (Lipinski definition) is 1. The second-order valence-electron chi connectivity index (χ2n) is 6.49. The van der Waals surface area contributed by atoms with E-state index in [1.165, 1.54) is 0 Å². The van der Waals surface area contributed by atoms with Crippen LogP contribution in [0, 0.1) is 6.92 Å². The Bertz CT molecular complexity index is 547. The number of nitrogens with zero attached hydrogens (tertiary/aromatic N) is 1. The van der Waals surface area contributed by atoms with Crippen LogP contribution in [0.1, 0.15) is 35.7 Å². The molecule has 0 radical (unpaired) electrons. The van der Waals surface area contributed by atoms with Crippen LogP contribution in [-0.2, 0) is 0 Å². The van der Waals surface area contributed by atoms with E-state index in [-0.39, 0.29) is 36.2 Å². The molecule has 0 bridgehead atoms. The van der Waals surface area contributed by atoms with Crippen molar-refractivity contribution in [3.8, 4) is 5.75 Å². The lowest BCUT2D eigenvalue weighted by atomic mass is 9.88. The molecule has 0 saturated carbocycles. The van der Waals surface area contributed by atoms with Gasteiger partial charge < -0.3 is 15.0 Å². The van der Waals surface area contributed by atoms with Crippen molar-refractivity contribution in [3.63, 3.8) is 0 Å². The van der Waals surface area contributed by atoms with Gasteiger partial charge >= 0.3 is 0 Å². The average Bonchev–Trinajstić information content (AvgIpc) is 2.47. The summed E-state index contributed by atoms with van der Waals surface area (Å²) < 4.78 is 6.17. The van der Waals surface area contributed by atoms with Gasteiger partial charge in [-0.05, 0) is 32.4 Å². The number of benzene rings is 1. The molecule has 6 heteroatoms. The highest BCUT2D eigenvalue weighted by Crippen LogP contribution is 2.35. The van der Waals surface area contributed by atoms with Crippen LogP contribution in [0.4, 0.5) is 0 Å². The summed E-state index contributed by atoms with van der Waals surface area (Å²) in [4.78, 5) is 14.8. The molecule has 130 valence electrons. The molecule has 2 aliphatic rings. The first-order valence-electron chi connectivity index (χ1n) is 7.82. The molecule has 1 atom stereocenters. The number of carbonyl (C=O) groups is 1. The Morgan fingerprint density at radius 1 is 1.26 bits per heavy atom. The number of ether oxygens (including phenoxy) is 1. The van der Waals surface area contributed by atoms with Gasteiger partial charge in [0.15, 0.2) is 5.78 Å². The normalized spacial score (nSPS) is 24.0. The topological polar surface area (TPSA) is 41.6 Å². The minimum atomic E-state index is -0.371. The van der Waals surface area contributed by atoms with Crippen LogP contribution >= 0.6 is 24.8 Å². The largest absolute Gasteiger partial charge is 0.486 e. The van der Waals surface area contributed by atoms with Crippen molar-refractivity contribution in [1.29, 1.82) is 0 Å². The predicted octanol–water partition coefficient (Wildman–Crippen LogP) is 2.86. The average molecular weight is 361 g/mol. The third-order valence-electron chi connectivity index (χ3n) is 4.49. The number of hydrogen-bond acceptors (Lipinski definition) is 4. The van der Waals surface area contributed by atoms with Gasteiger partial charge in [0.25, 0.3) is 0 Å². The lowest BCUT2D eigenvalue weighted by Gasteiger charge is -2.37. The number of aryl methyl sites for hydroxylation is 1. The van der Waals surface area contributed by atoms with Gasteiger partial charge in [0.05, 0.1) is 12.0 Å². The van der Waals surface area contributed by atoms with Crippen LogP contribution in [0.15, 0.2) is 18.2 Å². The van der Waals surface area contributed by atoms with Gasteiger partial charge in [-0.25, -0.2) is 0 Å². The summed E-state index contributed by atoms with van der Waals surface area (Å²) in [5, 5.41) is 3.36. The maximum absolute atomic E-state index is 12.4. The first-order valence-corrected chi connectivity index (χ1v) is 7.82. The monoisotopic (exact) mass is 360 g/mol. The highest BCUT2D eigenvalue weighted by Gasteiger charge is 2.36. The number of ketones is 1. The van der Waals surface area contributed by atoms with Gasteiger partial charge in [0, 0.05) is 32.7 Å². The summed E-state index contributed by atoms with van der Waals surface area (Å²) >= 11 is 0. The molecule has 2 heterocycles. The Morgan fingerprint density at radius 2 is 1.96 bits per heavy atom. The highest BCUT2D eigenvalue weighted by molar-refractivity contribution is 6.00. The summed E-state index contributed by atoms with van der Waals surface area (Å²) in [5.41, 5.74) is 1.48. The van der Waals surface area contributed by atoms with Crippen LogP contribution in [-0.4, -0.2) is 49.0 Å². The van der Waals surface area contributed by atoms with Crippen molar-refractivity contribution in [2.24, 2.45) is 0 Å². The number of piperazine rings is 1. The smallest absolute Gasteiger partial charge is 0.170 e. The Kier molecular flexibility index (Phi) is 7.33. The predicted molar refractivity (Wildman–Crippen MR) is 97.6 cm³/mol. The molecule has 3 rings (SSSR count). The third-order valence-corrected chi connectivity index (χ3v) is 4.49. The van der Waals surface area contributed by atoms with Crippen LogP contribution in [0.2, 0.25) is 0 Å². The fraction of sp³-hybridized carbons (Fsp3) is 0.588. The van der Waals surface area contributed by atoms with Crippen molar-refractivity contribution in [2.75, 3.05) is 32.7 Å². The van der Waals surface area contributed by atoms with E-state index >= 15 is 0 Å². The number of rotatable bonds is 3. The van der Waals surface area contributed by atoms with E-state index in [9.17, 15) is 4.79 Å². The zero-order chi connectivity index (χ0) is 14.9. The molecule has 1 fully saturated rings. The molecule has 1 saturated heterocycles. The van der Waals surface area contributed by atoms with Crippen molar-refractivity contribution in [3.05, 3.63) is 29.3 Å². The van der Waals surface area contributed by atoms with E-state index in [0.717, 1.165) is 56.0 Å². The van der Waals surface area contributed by atoms with E-state index < -0.39 is 0 Å². The quantitative estimate of drug-likeness (QED) is 0.899. The number of carbonyl (C=O) groups excluding carboxylic acids is 1. The second-order valence-corrected chi connectivity index (χ2v) is 6.49. The van der Waals surface area contributed by atoms with Crippen molar-refractivity contribution < 1.29 is 9.53 Å². The van der Waals surface area contributed by atoms with Gasteiger partial charge in [-0.2, -0.15) is 0 Å². The molecule has 0 aliphatic carbocycles. The first-order chi connectivity index (χ1) is 10.1. The van der Waals surface area contributed by atoms with E-state index in [1.807, 2.05) is 25.1 Å². The molecule has 4 nitrogen and oxygen atoms in total. The molecule has 0 spiro atoms. The number of Topliss-reactive ketones (excluding diaryl/α,β-unsaturated/α-hetero) is 1. The zero-order valence-electron chi connectivity index (χ0n) is 13.8. The summed E-state index contributed by atoms with van der Waals surface area (Å²) in [6.07, 6.45) is 1.38. The van der Waals surface area contributed by atoms with Gasteiger partial charge in [0.1, 0.15) is 11.4 Å². The summed E-state index contributed by atoms with van der Waals surface area (Å²) in [6.45, 7) is 9.34. The van der Waals surface area contributed by atoms with Crippen LogP contribution in [0.25, 0.3) is 0 Å². The molecule has 23 heavy (non-hydrogen) atoms. The van der Waals surface area contributed by atoms with Crippen molar-refractivity contribution >= 4 is 30.6 Å². The lowest BCUT2D eigenvalue weighted by molar-refractivity contribution is 0.0387. The highest BCUT2D eigenvalue weighted by atomic mass is 35.5. The maximum Gasteiger partial charge on any atom is 0.170 e.